The first-order valence-corrected chi connectivity index (χ1v) is 5.11. The van der Waals surface area contributed by atoms with Gasteiger partial charge < -0.3 is 14.3 Å². The highest BCUT2D eigenvalue weighted by atomic mass is 32.2. The summed E-state index contributed by atoms with van der Waals surface area (Å²) in [6, 6.07) is 0. The van der Waals surface area contributed by atoms with E-state index < -0.39 is 24.8 Å². The number of hydrogen-bond acceptors (Lipinski definition) is 2. The summed E-state index contributed by atoms with van der Waals surface area (Å²) in [5, 5.41) is 0. The minimum Gasteiger partial charge on any atom is -0.324 e. The molecule has 0 aromatic rings. The van der Waals surface area contributed by atoms with Crippen molar-refractivity contribution in [1.29, 1.82) is 0 Å². The second-order valence-corrected chi connectivity index (χ2v) is 4.24. The quantitative estimate of drug-likeness (QED) is 0.391. The van der Waals surface area contributed by atoms with Crippen molar-refractivity contribution in [2.75, 3.05) is 11.9 Å². The van der Waals surface area contributed by atoms with Gasteiger partial charge in [-0.05, 0) is 0 Å². The first-order valence-electron chi connectivity index (χ1n) is 2.04. The largest absolute Gasteiger partial charge is 0.326 e. The first-order chi connectivity index (χ1) is 3.92. The van der Waals surface area contributed by atoms with Crippen molar-refractivity contribution in [1.82, 2.24) is 0 Å². The van der Waals surface area contributed by atoms with Crippen LogP contribution in [0.3, 0.4) is 0 Å². The van der Waals surface area contributed by atoms with Gasteiger partial charge in [-0.3, -0.25) is 4.57 Å². The normalized spacial score (nSPS) is 15.4. The van der Waals surface area contributed by atoms with Crippen LogP contribution in [-0.2, 0) is 15.6 Å². The summed E-state index contributed by atoms with van der Waals surface area (Å²) in [5.74, 6) is -0.371. The molecule has 0 aromatic carbocycles. The zero-order valence-corrected chi connectivity index (χ0v) is 6.14. The third kappa shape index (κ3) is 8.26. The minimum absolute atomic E-state index is 0.371. The summed E-state index contributed by atoms with van der Waals surface area (Å²) in [7, 11) is -4.07. The van der Waals surface area contributed by atoms with Gasteiger partial charge in [0.25, 0.3) is 0 Å². The molecule has 3 N–H and O–H groups in total. The van der Waals surface area contributed by atoms with Crippen LogP contribution in [0.1, 0.15) is 0 Å². The highest BCUT2D eigenvalue weighted by Gasteiger charge is 2.13. The van der Waals surface area contributed by atoms with E-state index in [1.165, 1.54) is 0 Å². The van der Waals surface area contributed by atoms with Crippen LogP contribution in [0.15, 0.2) is 0 Å². The SMILES string of the molecule is O=S(O)CCP(=O)(O)O. The van der Waals surface area contributed by atoms with E-state index in [4.69, 9.17) is 14.3 Å². The molecule has 0 aliphatic rings. The first kappa shape index (κ1) is 9.26. The average Bonchev–Trinajstić information content (AvgIpc) is 1.59. The number of hydrogen-bond donors (Lipinski definition) is 3. The van der Waals surface area contributed by atoms with Gasteiger partial charge in [-0.25, -0.2) is 4.21 Å². The Morgan fingerprint density at radius 2 is 1.89 bits per heavy atom. The second-order valence-electron chi connectivity index (χ2n) is 1.41. The van der Waals surface area contributed by atoms with E-state index in [2.05, 4.69) is 0 Å². The maximum absolute atomic E-state index is 9.98. The molecular weight excluding hydrogens is 167 g/mol. The maximum Gasteiger partial charge on any atom is 0.326 e. The predicted molar refractivity (Wildman–Crippen MR) is 32.5 cm³/mol. The summed E-state index contributed by atoms with van der Waals surface area (Å²) in [6.45, 7) is 0. The fourth-order valence-corrected chi connectivity index (χ4v) is 1.77. The molecule has 0 saturated heterocycles. The van der Waals surface area contributed by atoms with E-state index >= 15 is 0 Å². The fourth-order valence-electron chi connectivity index (χ4n) is 0.197. The van der Waals surface area contributed by atoms with Crippen molar-refractivity contribution in [3.8, 4) is 0 Å². The van der Waals surface area contributed by atoms with Gasteiger partial charge in [0.15, 0.2) is 11.1 Å². The summed E-state index contributed by atoms with van der Waals surface area (Å²) in [4.78, 5) is 16.3. The third-order valence-electron chi connectivity index (χ3n) is 0.557. The molecule has 7 heteroatoms. The number of rotatable bonds is 3. The van der Waals surface area contributed by atoms with Gasteiger partial charge in [0.05, 0.1) is 11.9 Å². The molecule has 0 bridgehead atoms. The second kappa shape index (κ2) is 3.43. The molecule has 5 nitrogen and oxygen atoms in total. The van der Waals surface area contributed by atoms with Crippen LogP contribution in [0.2, 0.25) is 0 Å². The maximum atomic E-state index is 9.98. The lowest BCUT2D eigenvalue weighted by Gasteiger charge is -1.98. The summed E-state index contributed by atoms with van der Waals surface area (Å²) >= 11 is -2.10. The molecule has 0 rings (SSSR count). The predicted octanol–water partition coefficient (Wildman–Crippen LogP) is -0.614. The van der Waals surface area contributed by atoms with Crippen LogP contribution in [0, 0.1) is 0 Å². The topological polar surface area (TPSA) is 94.8 Å². The molecule has 0 saturated carbocycles. The Labute approximate surface area is 54.5 Å². The molecular formula is C2H7O5PS. The van der Waals surface area contributed by atoms with Gasteiger partial charge in [-0.15, -0.1) is 0 Å². The van der Waals surface area contributed by atoms with Gasteiger partial charge in [-0.2, -0.15) is 0 Å². The monoisotopic (exact) mass is 174 g/mol. The van der Waals surface area contributed by atoms with Crippen molar-refractivity contribution in [2.24, 2.45) is 0 Å². The van der Waals surface area contributed by atoms with E-state index in [0.717, 1.165) is 0 Å². The third-order valence-corrected chi connectivity index (χ3v) is 2.22. The molecule has 56 valence electrons. The van der Waals surface area contributed by atoms with Crippen LogP contribution in [0.5, 0.6) is 0 Å². The van der Waals surface area contributed by atoms with E-state index in [0.29, 0.717) is 0 Å². The molecule has 0 aliphatic heterocycles. The molecule has 9 heavy (non-hydrogen) atoms. The molecule has 1 atom stereocenters. The molecule has 0 aliphatic carbocycles. The van der Waals surface area contributed by atoms with Crippen LogP contribution >= 0.6 is 7.60 Å². The van der Waals surface area contributed by atoms with Crippen molar-refractivity contribution >= 4 is 18.7 Å². The summed E-state index contributed by atoms with van der Waals surface area (Å²) < 4.78 is 27.8. The van der Waals surface area contributed by atoms with Crippen LogP contribution in [0.25, 0.3) is 0 Å². The lowest BCUT2D eigenvalue weighted by molar-refractivity contribution is 0.374. The van der Waals surface area contributed by atoms with Gasteiger partial charge in [-0.1, -0.05) is 0 Å². The van der Waals surface area contributed by atoms with Gasteiger partial charge in [0.1, 0.15) is 0 Å². The van der Waals surface area contributed by atoms with Crippen LogP contribution in [-0.4, -0.2) is 30.5 Å². The molecule has 0 spiro atoms. The highest BCUT2D eigenvalue weighted by molar-refractivity contribution is 7.79. The Kier molecular flexibility index (Phi) is 3.53. The van der Waals surface area contributed by atoms with E-state index in [1.54, 1.807) is 0 Å². The zero-order valence-electron chi connectivity index (χ0n) is 4.43. The average molecular weight is 174 g/mol. The van der Waals surface area contributed by atoms with Crippen molar-refractivity contribution in [3.63, 3.8) is 0 Å². The fraction of sp³-hybridized carbons (Fsp3) is 1.00. The molecule has 0 fully saturated rings. The van der Waals surface area contributed by atoms with Crippen LogP contribution < -0.4 is 0 Å². The Balaban J connectivity index is 3.53. The zero-order chi connectivity index (χ0) is 7.49. The van der Waals surface area contributed by atoms with Crippen molar-refractivity contribution in [2.45, 2.75) is 0 Å². The Morgan fingerprint density at radius 3 is 2.00 bits per heavy atom. The molecule has 0 heterocycles. The summed E-state index contributed by atoms with van der Waals surface area (Å²) in [5.41, 5.74) is 0. The Bertz CT molecular complexity index is 149. The molecule has 0 radical (unpaired) electrons. The molecule has 1 unspecified atom stereocenters. The smallest absolute Gasteiger partial charge is 0.324 e. The van der Waals surface area contributed by atoms with Gasteiger partial charge in [0, 0.05) is 0 Å². The Hall–Kier alpha value is 0.260. The van der Waals surface area contributed by atoms with Crippen molar-refractivity contribution < 1.29 is 23.1 Å². The van der Waals surface area contributed by atoms with E-state index in [1.807, 2.05) is 0 Å². The highest BCUT2D eigenvalue weighted by Crippen LogP contribution is 2.33. The molecule has 0 aromatic heterocycles. The van der Waals surface area contributed by atoms with Crippen LogP contribution in [0.4, 0.5) is 0 Å². The standard InChI is InChI=1S/C2H7O5PS/c3-8(4,5)1-2-9(6)7/h1-2H2,(H,6,7)(H2,3,4,5). The Morgan fingerprint density at radius 1 is 1.44 bits per heavy atom. The van der Waals surface area contributed by atoms with Gasteiger partial charge in [0.2, 0.25) is 0 Å². The van der Waals surface area contributed by atoms with Crippen molar-refractivity contribution in [3.05, 3.63) is 0 Å². The molecule has 0 amide bonds. The summed E-state index contributed by atoms with van der Waals surface area (Å²) in [6.07, 6.45) is -0.532. The lowest BCUT2D eigenvalue weighted by atomic mass is 11.0. The minimum atomic E-state index is -4.07. The van der Waals surface area contributed by atoms with Gasteiger partial charge >= 0.3 is 7.60 Å². The van der Waals surface area contributed by atoms with E-state index in [-0.39, 0.29) is 5.75 Å². The lowest BCUT2D eigenvalue weighted by Crippen LogP contribution is -2.00. The van der Waals surface area contributed by atoms with E-state index in [9.17, 15) is 8.77 Å².